The molecule has 2 aliphatic heterocycles. The molecule has 0 aliphatic carbocycles. The molecule has 2 atom stereocenters. The standard InChI is InChI=1S/C19H28FN3O3.HI/c1-21-19(22-9-3-12-24-16-7-5-15(20)6-8-16)23-10-13-26-18(14-23)17-4-2-11-25-17;/h5-8,17-18H,2-4,9-14H2,1H3,(H,21,22);1H. The molecule has 2 unspecified atom stereocenters. The van der Waals surface area contributed by atoms with Gasteiger partial charge in [0.15, 0.2) is 5.96 Å². The van der Waals surface area contributed by atoms with E-state index in [1.165, 1.54) is 12.1 Å². The third kappa shape index (κ3) is 6.76. The van der Waals surface area contributed by atoms with E-state index in [2.05, 4.69) is 15.2 Å². The van der Waals surface area contributed by atoms with E-state index in [4.69, 9.17) is 14.2 Å². The van der Waals surface area contributed by atoms with Crippen molar-refractivity contribution in [3.63, 3.8) is 0 Å². The molecule has 1 aromatic rings. The maximum atomic E-state index is 12.9. The fraction of sp³-hybridized carbons (Fsp3) is 0.632. The fourth-order valence-electron chi connectivity index (χ4n) is 3.31. The van der Waals surface area contributed by atoms with Crippen molar-refractivity contribution in [3.05, 3.63) is 30.1 Å². The van der Waals surface area contributed by atoms with Crippen molar-refractivity contribution in [2.24, 2.45) is 4.99 Å². The highest BCUT2D eigenvalue weighted by molar-refractivity contribution is 14.0. The van der Waals surface area contributed by atoms with Gasteiger partial charge in [-0.25, -0.2) is 4.39 Å². The summed E-state index contributed by atoms with van der Waals surface area (Å²) < 4.78 is 30.1. The minimum Gasteiger partial charge on any atom is -0.494 e. The van der Waals surface area contributed by atoms with E-state index in [1.54, 1.807) is 19.2 Å². The van der Waals surface area contributed by atoms with E-state index in [0.717, 1.165) is 51.5 Å². The molecule has 2 saturated heterocycles. The van der Waals surface area contributed by atoms with Gasteiger partial charge in [0, 0.05) is 33.3 Å². The Hall–Kier alpha value is -1.13. The molecule has 0 saturated carbocycles. The molecule has 27 heavy (non-hydrogen) atoms. The fourth-order valence-corrected chi connectivity index (χ4v) is 3.31. The van der Waals surface area contributed by atoms with Gasteiger partial charge in [0.05, 0.1) is 19.3 Å². The Kier molecular flexibility index (Phi) is 9.57. The number of nitrogens with zero attached hydrogens (tertiary/aromatic N) is 2. The number of hydrogen-bond acceptors (Lipinski definition) is 4. The van der Waals surface area contributed by atoms with E-state index < -0.39 is 0 Å². The van der Waals surface area contributed by atoms with Crippen LogP contribution in [-0.2, 0) is 9.47 Å². The van der Waals surface area contributed by atoms with Gasteiger partial charge in [-0.15, -0.1) is 24.0 Å². The maximum Gasteiger partial charge on any atom is 0.193 e. The van der Waals surface area contributed by atoms with Gasteiger partial charge < -0.3 is 24.4 Å². The number of halogens is 2. The zero-order chi connectivity index (χ0) is 18.2. The first-order chi connectivity index (χ1) is 12.8. The number of nitrogens with one attached hydrogen (secondary N) is 1. The Balaban J connectivity index is 0.00000261. The first-order valence-electron chi connectivity index (χ1n) is 9.33. The van der Waals surface area contributed by atoms with Gasteiger partial charge >= 0.3 is 0 Å². The number of benzene rings is 1. The lowest BCUT2D eigenvalue weighted by Crippen LogP contribution is -2.53. The van der Waals surface area contributed by atoms with Crippen LogP contribution < -0.4 is 10.1 Å². The van der Waals surface area contributed by atoms with E-state index in [9.17, 15) is 4.39 Å². The Labute approximate surface area is 177 Å². The number of guanidine groups is 1. The third-order valence-corrected chi connectivity index (χ3v) is 4.67. The lowest BCUT2D eigenvalue weighted by atomic mass is 10.1. The minimum absolute atomic E-state index is 0. The summed E-state index contributed by atoms with van der Waals surface area (Å²) in [6.45, 7) is 4.49. The van der Waals surface area contributed by atoms with Crippen LogP contribution in [0.1, 0.15) is 19.3 Å². The van der Waals surface area contributed by atoms with Crippen LogP contribution in [0.15, 0.2) is 29.3 Å². The molecule has 6 nitrogen and oxygen atoms in total. The SMILES string of the molecule is CN=C(NCCCOc1ccc(F)cc1)N1CCOC(C2CCCO2)C1.I. The highest BCUT2D eigenvalue weighted by Crippen LogP contribution is 2.21. The highest BCUT2D eigenvalue weighted by atomic mass is 127. The van der Waals surface area contributed by atoms with Crippen LogP contribution in [0, 0.1) is 5.82 Å². The average molecular weight is 493 g/mol. The van der Waals surface area contributed by atoms with Crippen LogP contribution in [0.5, 0.6) is 5.75 Å². The number of ether oxygens (including phenoxy) is 3. The van der Waals surface area contributed by atoms with Crippen LogP contribution in [0.4, 0.5) is 4.39 Å². The maximum absolute atomic E-state index is 12.9. The highest BCUT2D eigenvalue weighted by Gasteiger charge is 2.32. The van der Waals surface area contributed by atoms with Crippen molar-refractivity contribution in [1.29, 1.82) is 0 Å². The van der Waals surface area contributed by atoms with Gasteiger partial charge in [-0.05, 0) is 43.5 Å². The first kappa shape index (κ1) is 22.2. The summed E-state index contributed by atoms with van der Waals surface area (Å²) in [6.07, 6.45) is 3.35. The number of rotatable bonds is 6. The molecule has 2 fully saturated rings. The molecule has 0 radical (unpaired) electrons. The molecule has 2 aliphatic rings. The molecule has 0 amide bonds. The van der Waals surface area contributed by atoms with E-state index >= 15 is 0 Å². The zero-order valence-electron chi connectivity index (χ0n) is 15.7. The molecule has 0 aromatic heterocycles. The Morgan fingerprint density at radius 3 is 2.74 bits per heavy atom. The summed E-state index contributed by atoms with van der Waals surface area (Å²) in [5.41, 5.74) is 0. The summed E-state index contributed by atoms with van der Waals surface area (Å²) in [4.78, 5) is 6.62. The van der Waals surface area contributed by atoms with Crippen LogP contribution >= 0.6 is 24.0 Å². The lowest BCUT2D eigenvalue weighted by molar-refractivity contribution is -0.0816. The summed E-state index contributed by atoms with van der Waals surface area (Å²) in [6, 6.07) is 6.08. The Morgan fingerprint density at radius 1 is 1.26 bits per heavy atom. The summed E-state index contributed by atoms with van der Waals surface area (Å²) >= 11 is 0. The van der Waals surface area contributed by atoms with Crippen molar-refractivity contribution < 1.29 is 18.6 Å². The normalized spacial score (nSPS) is 23.0. The van der Waals surface area contributed by atoms with Crippen LogP contribution in [0.2, 0.25) is 0 Å². The van der Waals surface area contributed by atoms with Gasteiger partial charge in [0.2, 0.25) is 0 Å². The molecule has 1 N–H and O–H groups in total. The van der Waals surface area contributed by atoms with E-state index in [1.807, 2.05) is 0 Å². The van der Waals surface area contributed by atoms with Crippen molar-refractivity contribution in [3.8, 4) is 5.75 Å². The number of hydrogen-bond donors (Lipinski definition) is 1. The van der Waals surface area contributed by atoms with Crippen molar-refractivity contribution in [1.82, 2.24) is 10.2 Å². The summed E-state index contributed by atoms with van der Waals surface area (Å²) in [7, 11) is 1.80. The topological polar surface area (TPSA) is 55.3 Å². The molecule has 2 heterocycles. The molecular weight excluding hydrogens is 464 g/mol. The van der Waals surface area contributed by atoms with Gasteiger partial charge in [0.25, 0.3) is 0 Å². The number of morpholine rings is 1. The molecule has 0 bridgehead atoms. The van der Waals surface area contributed by atoms with Crippen molar-refractivity contribution >= 4 is 29.9 Å². The lowest BCUT2D eigenvalue weighted by Gasteiger charge is -2.37. The minimum atomic E-state index is -0.255. The largest absolute Gasteiger partial charge is 0.494 e. The van der Waals surface area contributed by atoms with Gasteiger partial charge in [-0.3, -0.25) is 4.99 Å². The molecule has 0 spiro atoms. The Morgan fingerprint density at radius 2 is 2.04 bits per heavy atom. The molecule has 3 rings (SSSR count). The second-order valence-corrected chi connectivity index (χ2v) is 6.54. The van der Waals surface area contributed by atoms with Crippen molar-refractivity contribution in [2.75, 3.05) is 46.5 Å². The second kappa shape index (κ2) is 11.7. The second-order valence-electron chi connectivity index (χ2n) is 6.54. The summed E-state index contributed by atoms with van der Waals surface area (Å²) in [5, 5.41) is 3.39. The third-order valence-electron chi connectivity index (χ3n) is 4.67. The molecule has 152 valence electrons. The molecule has 1 aromatic carbocycles. The van der Waals surface area contributed by atoms with Gasteiger partial charge in [-0.1, -0.05) is 0 Å². The average Bonchev–Trinajstić information content (AvgIpc) is 3.21. The van der Waals surface area contributed by atoms with Crippen molar-refractivity contribution in [2.45, 2.75) is 31.5 Å². The first-order valence-corrected chi connectivity index (χ1v) is 9.33. The smallest absolute Gasteiger partial charge is 0.193 e. The predicted molar refractivity (Wildman–Crippen MR) is 114 cm³/mol. The molecule has 8 heteroatoms. The van der Waals surface area contributed by atoms with E-state index in [0.29, 0.717) is 19.0 Å². The van der Waals surface area contributed by atoms with E-state index in [-0.39, 0.29) is 42.0 Å². The van der Waals surface area contributed by atoms with Crippen LogP contribution in [-0.4, -0.2) is 69.6 Å². The predicted octanol–water partition coefficient (Wildman–Crippen LogP) is 2.67. The molecular formula is C19H29FIN3O3. The van der Waals surface area contributed by atoms with Gasteiger partial charge in [-0.2, -0.15) is 0 Å². The van der Waals surface area contributed by atoms with Crippen LogP contribution in [0.3, 0.4) is 0 Å². The Bertz CT molecular complexity index is 582. The zero-order valence-corrected chi connectivity index (χ0v) is 18.1. The van der Waals surface area contributed by atoms with Crippen LogP contribution in [0.25, 0.3) is 0 Å². The monoisotopic (exact) mass is 493 g/mol. The summed E-state index contributed by atoms with van der Waals surface area (Å²) in [5.74, 6) is 1.32. The van der Waals surface area contributed by atoms with Gasteiger partial charge in [0.1, 0.15) is 17.7 Å². The number of aliphatic imine (C=N–C) groups is 1. The quantitative estimate of drug-likeness (QED) is 0.286.